The van der Waals surface area contributed by atoms with Crippen LogP contribution < -0.4 is 19.1 Å². The lowest BCUT2D eigenvalue weighted by Crippen LogP contribution is -3.12. The largest absolute Gasteiger partial charge is 0.507 e. The molecule has 2 aliphatic heterocycles. The number of nitrogens with one attached hydrogen (secondary N) is 1. The molecule has 30 heavy (non-hydrogen) atoms. The number of fused-ring (bicyclic) bond motifs is 1. The van der Waals surface area contributed by atoms with Crippen LogP contribution in [-0.2, 0) is 6.54 Å². The van der Waals surface area contributed by atoms with Crippen LogP contribution >= 0.6 is 0 Å². The lowest BCUT2D eigenvalue weighted by atomic mass is 9.99. The molecule has 6 nitrogen and oxygen atoms in total. The van der Waals surface area contributed by atoms with E-state index in [1.165, 1.54) is 17.7 Å². The van der Waals surface area contributed by atoms with Crippen molar-refractivity contribution < 1.29 is 29.0 Å². The van der Waals surface area contributed by atoms with Gasteiger partial charge in [-0.3, -0.25) is 4.79 Å². The van der Waals surface area contributed by atoms with Crippen LogP contribution in [0.5, 0.6) is 23.0 Å². The molecule has 0 aromatic heterocycles. The lowest BCUT2D eigenvalue weighted by Gasteiger charge is -2.28. The zero-order valence-corrected chi connectivity index (χ0v) is 17.7. The van der Waals surface area contributed by atoms with Crippen LogP contribution in [0.25, 0.3) is 6.08 Å². The van der Waals surface area contributed by atoms with Crippen molar-refractivity contribution in [2.45, 2.75) is 26.3 Å². The van der Waals surface area contributed by atoms with Crippen molar-refractivity contribution in [3.05, 3.63) is 52.8 Å². The Morgan fingerprint density at radius 2 is 2.07 bits per heavy atom. The molecular formula is C24H28NO5+. The number of ether oxygens (including phenoxy) is 3. The van der Waals surface area contributed by atoms with Gasteiger partial charge in [-0.15, -0.1) is 0 Å². The van der Waals surface area contributed by atoms with Gasteiger partial charge in [-0.1, -0.05) is 6.92 Å². The number of piperidine rings is 1. The number of quaternary nitrogens is 1. The summed E-state index contributed by atoms with van der Waals surface area (Å²) in [5.74, 6) is 2.60. The van der Waals surface area contributed by atoms with Gasteiger partial charge < -0.3 is 24.2 Å². The first-order chi connectivity index (χ1) is 14.5. The first kappa shape index (κ1) is 20.3. The van der Waals surface area contributed by atoms with Crippen LogP contribution in [0.15, 0.2) is 36.1 Å². The number of allylic oxidation sites excluding steroid dienone is 1. The van der Waals surface area contributed by atoms with E-state index in [4.69, 9.17) is 14.2 Å². The Labute approximate surface area is 176 Å². The fraction of sp³-hybridized carbons (Fsp3) is 0.375. The van der Waals surface area contributed by atoms with Crippen molar-refractivity contribution in [2.24, 2.45) is 5.92 Å². The number of methoxy groups -OCH3 is 2. The summed E-state index contributed by atoms with van der Waals surface area (Å²) >= 11 is 0. The molecule has 0 radical (unpaired) electrons. The van der Waals surface area contributed by atoms with E-state index in [1.807, 2.05) is 0 Å². The number of rotatable bonds is 5. The van der Waals surface area contributed by atoms with Gasteiger partial charge in [0.25, 0.3) is 0 Å². The molecular weight excluding hydrogens is 382 g/mol. The van der Waals surface area contributed by atoms with E-state index < -0.39 is 0 Å². The maximum absolute atomic E-state index is 13.0. The third-order valence-electron chi connectivity index (χ3n) is 5.93. The quantitative estimate of drug-likeness (QED) is 0.742. The Bertz CT molecular complexity index is 997. The molecule has 1 unspecified atom stereocenters. The highest BCUT2D eigenvalue weighted by Gasteiger charge is 2.33. The summed E-state index contributed by atoms with van der Waals surface area (Å²) in [7, 11) is 3.17. The molecule has 0 amide bonds. The van der Waals surface area contributed by atoms with Crippen molar-refractivity contribution in [1.29, 1.82) is 0 Å². The van der Waals surface area contributed by atoms with E-state index >= 15 is 0 Å². The van der Waals surface area contributed by atoms with Crippen LogP contribution in [0.1, 0.15) is 41.3 Å². The van der Waals surface area contributed by atoms with E-state index in [1.54, 1.807) is 50.6 Å². The number of phenolic OH excluding ortho intramolecular Hbond substituents is 1. The van der Waals surface area contributed by atoms with Gasteiger partial charge in [0.2, 0.25) is 5.78 Å². The second-order valence-electron chi connectivity index (χ2n) is 8.12. The summed E-state index contributed by atoms with van der Waals surface area (Å²) in [4.78, 5) is 14.4. The average Bonchev–Trinajstić information content (AvgIpc) is 3.06. The van der Waals surface area contributed by atoms with Gasteiger partial charge in [0, 0.05) is 11.5 Å². The second kappa shape index (κ2) is 8.40. The maximum Gasteiger partial charge on any atom is 0.231 e. The summed E-state index contributed by atoms with van der Waals surface area (Å²) in [6.07, 6.45) is 4.08. The average molecular weight is 410 g/mol. The summed E-state index contributed by atoms with van der Waals surface area (Å²) in [5.41, 5.74) is 1.88. The van der Waals surface area contributed by atoms with Crippen molar-refractivity contribution in [1.82, 2.24) is 0 Å². The molecule has 2 heterocycles. The van der Waals surface area contributed by atoms with Gasteiger partial charge in [0.1, 0.15) is 23.8 Å². The van der Waals surface area contributed by atoms with Crippen LogP contribution in [0.2, 0.25) is 0 Å². The first-order valence-electron chi connectivity index (χ1n) is 10.3. The molecule has 4 rings (SSSR count). The van der Waals surface area contributed by atoms with Crippen LogP contribution in [-0.4, -0.2) is 38.2 Å². The number of hydrogen-bond donors (Lipinski definition) is 2. The molecule has 158 valence electrons. The summed E-state index contributed by atoms with van der Waals surface area (Å²) in [5, 5.41) is 10.5. The van der Waals surface area contributed by atoms with E-state index in [-0.39, 0.29) is 17.3 Å². The Balaban J connectivity index is 1.67. The molecule has 2 atom stereocenters. The number of Topliss-reactive ketones (excluding diaryl/α,β-unsaturated/α-hetero) is 1. The molecule has 0 aliphatic carbocycles. The number of likely N-dealkylation sites (tertiary alicyclic amines) is 1. The number of phenols is 1. The van der Waals surface area contributed by atoms with E-state index in [0.29, 0.717) is 46.4 Å². The molecule has 0 bridgehead atoms. The summed E-state index contributed by atoms with van der Waals surface area (Å²) < 4.78 is 16.7. The van der Waals surface area contributed by atoms with Crippen molar-refractivity contribution in [3.63, 3.8) is 0 Å². The fourth-order valence-electron chi connectivity index (χ4n) is 4.37. The molecule has 2 aromatic rings. The predicted molar refractivity (Wildman–Crippen MR) is 113 cm³/mol. The second-order valence-corrected chi connectivity index (χ2v) is 8.12. The standard InChI is InChI=1S/C24H27NO5/c1-15-5-4-10-25(13-15)14-19-20(26)8-7-18-23(27)22(30-24(18)19)12-16-11-17(28-2)6-9-21(16)29-3/h6-9,11-12,15,26H,4-5,10,13-14H2,1-3H3/p+1/t15-/m1/s1. The Morgan fingerprint density at radius 1 is 1.23 bits per heavy atom. The monoisotopic (exact) mass is 410 g/mol. The van der Waals surface area contributed by atoms with Crippen LogP contribution in [0.3, 0.4) is 0 Å². The highest BCUT2D eigenvalue weighted by atomic mass is 16.5. The maximum atomic E-state index is 13.0. The smallest absolute Gasteiger partial charge is 0.231 e. The minimum absolute atomic E-state index is 0.174. The number of hydrogen-bond acceptors (Lipinski definition) is 5. The zero-order chi connectivity index (χ0) is 21.3. The molecule has 2 N–H and O–H groups in total. The molecule has 1 fully saturated rings. The third-order valence-corrected chi connectivity index (χ3v) is 5.93. The van der Waals surface area contributed by atoms with E-state index in [9.17, 15) is 9.90 Å². The minimum atomic E-state index is -0.196. The van der Waals surface area contributed by atoms with Crippen LogP contribution in [0, 0.1) is 5.92 Å². The normalized spacial score (nSPS) is 22.0. The number of carbonyl (C=O) groups is 1. The molecule has 2 aromatic carbocycles. The molecule has 0 spiro atoms. The first-order valence-corrected chi connectivity index (χ1v) is 10.3. The third kappa shape index (κ3) is 3.87. The summed E-state index contributed by atoms with van der Waals surface area (Å²) in [6, 6.07) is 8.61. The van der Waals surface area contributed by atoms with Gasteiger partial charge in [0.05, 0.1) is 38.4 Å². The topological polar surface area (TPSA) is 69.4 Å². The predicted octanol–water partition coefficient (Wildman–Crippen LogP) is 2.84. The highest BCUT2D eigenvalue weighted by molar-refractivity contribution is 6.15. The molecule has 0 saturated carbocycles. The Hall–Kier alpha value is -2.99. The molecule has 1 saturated heterocycles. The fourth-order valence-corrected chi connectivity index (χ4v) is 4.37. The summed E-state index contributed by atoms with van der Waals surface area (Å²) in [6.45, 7) is 5.02. The minimum Gasteiger partial charge on any atom is -0.507 e. The zero-order valence-electron chi connectivity index (χ0n) is 17.7. The molecule has 2 aliphatic rings. The van der Waals surface area contributed by atoms with Gasteiger partial charge in [-0.25, -0.2) is 0 Å². The van der Waals surface area contributed by atoms with Crippen molar-refractivity contribution in [3.8, 4) is 23.0 Å². The van der Waals surface area contributed by atoms with Gasteiger partial charge in [-0.05, 0) is 49.2 Å². The Kier molecular flexibility index (Phi) is 5.68. The molecule has 6 heteroatoms. The Morgan fingerprint density at radius 3 is 2.80 bits per heavy atom. The number of aromatic hydroxyl groups is 1. The van der Waals surface area contributed by atoms with Crippen molar-refractivity contribution in [2.75, 3.05) is 27.3 Å². The van der Waals surface area contributed by atoms with Gasteiger partial charge in [-0.2, -0.15) is 0 Å². The van der Waals surface area contributed by atoms with E-state index in [2.05, 4.69) is 6.92 Å². The number of ketones is 1. The van der Waals surface area contributed by atoms with Crippen molar-refractivity contribution >= 4 is 11.9 Å². The highest BCUT2D eigenvalue weighted by Crippen LogP contribution is 2.40. The van der Waals surface area contributed by atoms with Gasteiger partial charge in [0.15, 0.2) is 11.5 Å². The van der Waals surface area contributed by atoms with Gasteiger partial charge >= 0.3 is 0 Å². The van der Waals surface area contributed by atoms with Crippen LogP contribution in [0.4, 0.5) is 0 Å². The number of benzene rings is 2. The van der Waals surface area contributed by atoms with E-state index in [0.717, 1.165) is 13.1 Å². The SMILES string of the molecule is COc1ccc(OC)c(C=C2Oc3c(ccc(O)c3C[NH+]3CCC[C@@H](C)C3)C2=O)c1. The number of carbonyl (C=O) groups excluding carboxylic acids is 1. The lowest BCUT2D eigenvalue weighted by molar-refractivity contribution is -0.922.